The third kappa shape index (κ3) is 4.78. The molecule has 6 nitrogen and oxygen atoms in total. The normalized spacial score (nSPS) is 11.9. The molecule has 0 aliphatic heterocycles. The Morgan fingerprint density at radius 2 is 2.21 bits per heavy atom. The smallest absolute Gasteiger partial charge is 0.307 e. The van der Waals surface area contributed by atoms with E-state index >= 15 is 0 Å². The van der Waals surface area contributed by atoms with Gasteiger partial charge in [-0.1, -0.05) is 6.92 Å². The van der Waals surface area contributed by atoms with Crippen molar-refractivity contribution in [3.05, 3.63) is 28.3 Å². The second-order valence-electron chi connectivity index (χ2n) is 3.90. The molecule has 0 spiro atoms. The number of rotatable bonds is 7. The van der Waals surface area contributed by atoms with Crippen LogP contribution < -0.4 is 4.74 Å². The van der Waals surface area contributed by atoms with Crippen molar-refractivity contribution in [3.63, 3.8) is 0 Å². The number of aliphatic carboxylic acids is 1. The van der Waals surface area contributed by atoms with Gasteiger partial charge in [0.1, 0.15) is 5.75 Å². The van der Waals surface area contributed by atoms with E-state index in [-0.39, 0.29) is 5.69 Å². The summed E-state index contributed by atoms with van der Waals surface area (Å²) in [4.78, 5) is 21.7. The number of carbonyl (C=O) groups is 1. The molecule has 0 fully saturated rings. The van der Waals surface area contributed by atoms with Crippen LogP contribution in [-0.2, 0) is 4.79 Å². The maximum Gasteiger partial charge on any atom is 0.307 e. The minimum atomic E-state index is -0.886. The Hall–Kier alpha value is -1.76. The van der Waals surface area contributed by atoms with Crippen LogP contribution in [0.4, 0.5) is 5.69 Å². The first kappa shape index (κ1) is 15.3. The number of nitro benzene ring substituents is 1. The highest BCUT2D eigenvalue weighted by atomic mass is 32.2. The van der Waals surface area contributed by atoms with Crippen molar-refractivity contribution in [2.75, 3.05) is 12.4 Å². The number of benzene rings is 1. The maximum atomic E-state index is 10.8. The quantitative estimate of drug-likeness (QED) is 0.470. The lowest BCUT2D eigenvalue weighted by molar-refractivity contribution is -0.385. The summed E-state index contributed by atoms with van der Waals surface area (Å²) in [7, 11) is 0. The fourth-order valence-electron chi connectivity index (χ4n) is 1.29. The molecule has 0 bridgehead atoms. The van der Waals surface area contributed by atoms with Crippen LogP contribution in [0.15, 0.2) is 23.1 Å². The summed E-state index contributed by atoms with van der Waals surface area (Å²) in [6.07, 6.45) is 0. The minimum Gasteiger partial charge on any atom is -0.494 e. The van der Waals surface area contributed by atoms with Gasteiger partial charge in [-0.05, 0) is 13.0 Å². The number of carboxylic acids is 1. The zero-order chi connectivity index (χ0) is 14.4. The van der Waals surface area contributed by atoms with Crippen molar-refractivity contribution in [2.45, 2.75) is 18.7 Å². The zero-order valence-electron chi connectivity index (χ0n) is 10.7. The fraction of sp³-hybridized carbons (Fsp3) is 0.417. The van der Waals surface area contributed by atoms with Gasteiger partial charge in [0, 0.05) is 16.7 Å². The molecule has 1 aromatic carbocycles. The Bertz CT molecular complexity index is 477. The number of carboxylic acid groups (broad SMARTS) is 1. The highest BCUT2D eigenvalue weighted by Gasteiger charge is 2.14. The first-order valence-electron chi connectivity index (χ1n) is 5.72. The van der Waals surface area contributed by atoms with Crippen LogP contribution in [-0.4, -0.2) is 28.4 Å². The van der Waals surface area contributed by atoms with E-state index < -0.39 is 16.8 Å². The van der Waals surface area contributed by atoms with Crippen LogP contribution in [0.25, 0.3) is 0 Å². The Morgan fingerprint density at radius 3 is 2.74 bits per heavy atom. The molecule has 19 heavy (non-hydrogen) atoms. The lowest BCUT2D eigenvalue weighted by Crippen LogP contribution is -2.11. The average molecular weight is 285 g/mol. The summed E-state index contributed by atoms with van der Waals surface area (Å²) in [5.74, 6) is -0.632. The molecule has 0 aromatic heterocycles. The van der Waals surface area contributed by atoms with Gasteiger partial charge in [0.2, 0.25) is 0 Å². The molecular weight excluding hydrogens is 270 g/mol. The number of hydrogen-bond donors (Lipinski definition) is 1. The molecule has 1 unspecified atom stereocenters. The van der Waals surface area contributed by atoms with E-state index in [4.69, 9.17) is 9.84 Å². The third-order valence-corrected chi connectivity index (χ3v) is 3.54. The highest BCUT2D eigenvalue weighted by Crippen LogP contribution is 2.30. The van der Waals surface area contributed by atoms with Crippen molar-refractivity contribution in [2.24, 2.45) is 5.92 Å². The van der Waals surface area contributed by atoms with Gasteiger partial charge in [0.15, 0.2) is 0 Å². The second-order valence-corrected chi connectivity index (χ2v) is 5.00. The van der Waals surface area contributed by atoms with Gasteiger partial charge in [-0.25, -0.2) is 0 Å². The van der Waals surface area contributed by atoms with Crippen molar-refractivity contribution in [1.82, 2.24) is 0 Å². The van der Waals surface area contributed by atoms with Crippen molar-refractivity contribution < 1.29 is 19.6 Å². The van der Waals surface area contributed by atoms with E-state index in [0.29, 0.717) is 23.0 Å². The number of thioether (sulfide) groups is 1. The van der Waals surface area contributed by atoms with Crippen LogP contribution in [0.1, 0.15) is 13.8 Å². The first-order valence-corrected chi connectivity index (χ1v) is 6.70. The molecule has 0 aliphatic rings. The summed E-state index contributed by atoms with van der Waals surface area (Å²) >= 11 is 1.26. The third-order valence-electron chi connectivity index (χ3n) is 2.31. The Labute approximate surface area is 114 Å². The zero-order valence-corrected chi connectivity index (χ0v) is 11.5. The largest absolute Gasteiger partial charge is 0.494 e. The van der Waals surface area contributed by atoms with Gasteiger partial charge in [0.05, 0.1) is 23.5 Å². The van der Waals surface area contributed by atoms with Crippen LogP contribution >= 0.6 is 11.8 Å². The van der Waals surface area contributed by atoms with E-state index in [0.717, 1.165) is 0 Å². The number of ether oxygens (including phenoxy) is 1. The van der Waals surface area contributed by atoms with E-state index in [1.807, 2.05) is 0 Å². The Morgan fingerprint density at radius 1 is 1.53 bits per heavy atom. The monoisotopic (exact) mass is 285 g/mol. The van der Waals surface area contributed by atoms with Crippen molar-refractivity contribution in [1.29, 1.82) is 0 Å². The lowest BCUT2D eigenvalue weighted by atomic mass is 10.2. The molecule has 1 rings (SSSR count). The van der Waals surface area contributed by atoms with Gasteiger partial charge in [0.25, 0.3) is 5.69 Å². The number of nitrogens with zero attached hydrogens (tertiary/aromatic N) is 1. The highest BCUT2D eigenvalue weighted by molar-refractivity contribution is 7.99. The molecule has 0 aliphatic carbocycles. The first-order chi connectivity index (χ1) is 8.93. The van der Waals surface area contributed by atoms with E-state index in [9.17, 15) is 14.9 Å². The van der Waals surface area contributed by atoms with Crippen molar-refractivity contribution >= 4 is 23.4 Å². The fourth-order valence-corrected chi connectivity index (χ4v) is 2.28. The van der Waals surface area contributed by atoms with Gasteiger partial charge in [-0.15, -0.1) is 11.8 Å². The summed E-state index contributed by atoms with van der Waals surface area (Å²) in [6.45, 7) is 3.80. The minimum absolute atomic E-state index is 0.0589. The Kier molecular flexibility index (Phi) is 5.62. The predicted octanol–water partition coefficient (Wildman–Crippen LogP) is 2.81. The summed E-state index contributed by atoms with van der Waals surface area (Å²) in [5.41, 5.74) is -0.0589. The molecule has 7 heteroatoms. The van der Waals surface area contributed by atoms with E-state index in [2.05, 4.69) is 0 Å². The maximum absolute atomic E-state index is 10.8. The van der Waals surface area contributed by atoms with Crippen molar-refractivity contribution in [3.8, 4) is 5.75 Å². The SMILES string of the molecule is CCOc1cc(SCC(C)C(=O)O)cc([N+](=O)[O-])c1. The summed E-state index contributed by atoms with van der Waals surface area (Å²) in [6, 6.07) is 4.45. The molecule has 0 saturated heterocycles. The molecule has 0 amide bonds. The second kappa shape index (κ2) is 6.98. The molecule has 0 heterocycles. The number of nitro groups is 1. The topological polar surface area (TPSA) is 89.7 Å². The van der Waals surface area contributed by atoms with Gasteiger partial charge in [-0.3, -0.25) is 14.9 Å². The summed E-state index contributed by atoms with van der Waals surface area (Å²) in [5, 5.41) is 19.6. The molecule has 1 N–H and O–H groups in total. The van der Waals surface area contributed by atoms with Crippen LogP contribution in [0.3, 0.4) is 0 Å². The van der Waals surface area contributed by atoms with Gasteiger partial charge >= 0.3 is 5.97 Å². The van der Waals surface area contributed by atoms with Gasteiger partial charge < -0.3 is 9.84 Å². The molecule has 1 atom stereocenters. The lowest BCUT2D eigenvalue weighted by Gasteiger charge is -2.08. The van der Waals surface area contributed by atoms with Crippen LogP contribution in [0, 0.1) is 16.0 Å². The van der Waals surface area contributed by atoms with E-state index in [1.54, 1.807) is 19.9 Å². The predicted molar refractivity (Wildman–Crippen MR) is 71.8 cm³/mol. The van der Waals surface area contributed by atoms with E-state index in [1.165, 1.54) is 23.9 Å². The standard InChI is InChI=1S/C12H15NO5S/c1-3-18-10-4-9(13(16)17)5-11(6-10)19-7-8(2)12(14)15/h4-6,8H,3,7H2,1-2H3,(H,14,15). The molecule has 0 saturated carbocycles. The molecule has 104 valence electrons. The van der Waals surface area contributed by atoms with Crippen LogP contribution in [0.2, 0.25) is 0 Å². The van der Waals surface area contributed by atoms with Gasteiger partial charge in [-0.2, -0.15) is 0 Å². The molecule has 1 aromatic rings. The average Bonchev–Trinajstić information content (AvgIpc) is 2.35. The number of hydrogen-bond acceptors (Lipinski definition) is 5. The summed E-state index contributed by atoms with van der Waals surface area (Å²) < 4.78 is 5.26. The van der Waals surface area contributed by atoms with Crippen LogP contribution in [0.5, 0.6) is 5.75 Å². The molecular formula is C12H15NO5S. The Balaban J connectivity index is 2.87. The molecule has 0 radical (unpaired) electrons. The number of non-ortho nitro benzene ring substituents is 1.